The number of carbonyl (C=O) groups is 1. The molecular weight excluding hydrogens is 140 g/mol. The molecule has 0 spiro atoms. The first kappa shape index (κ1) is 8.53. The van der Waals surface area contributed by atoms with E-state index in [1.807, 2.05) is 0 Å². The summed E-state index contributed by atoms with van der Waals surface area (Å²) in [6, 6.07) is 0.0316. The number of carbonyl (C=O) groups excluding carboxylic acids is 1. The highest BCUT2D eigenvalue weighted by molar-refractivity contribution is 5.81. The molecular formula is C8H16N2O. The smallest absolute Gasteiger partial charge is 0.236 e. The molecule has 3 heteroatoms. The molecule has 0 bridgehead atoms. The lowest BCUT2D eigenvalue weighted by Crippen LogP contribution is -2.42. The molecule has 1 fully saturated rings. The maximum atomic E-state index is 11.1. The van der Waals surface area contributed by atoms with Crippen LogP contribution in [-0.2, 0) is 4.79 Å². The Balaban J connectivity index is 2.24. The van der Waals surface area contributed by atoms with E-state index < -0.39 is 0 Å². The summed E-state index contributed by atoms with van der Waals surface area (Å²) in [6.45, 7) is 1.71. The summed E-state index contributed by atoms with van der Waals surface area (Å²) in [4.78, 5) is 11.1. The molecule has 64 valence electrons. The Morgan fingerprint density at radius 3 is 2.55 bits per heavy atom. The third-order valence-corrected chi connectivity index (χ3v) is 2.12. The van der Waals surface area contributed by atoms with Gasteiger partial charge in [0.05, 0.1) is 6.04 Å². The van der Waals surface area contributed by atoms with E-state index in [0.29, 0.717) is 6.04 Å². The van der Waals surface area contributed by atoms with Crippen LogP contribution in [-0.4, -0.2) is 18.0 Å². The Bertz CT molecular complexity index is 139. The Morgan fingerprint density at radius 1 is 1.55 bits per heavy atom. The van der Waals surface area contributed by atoms with Gasteiger partial charge in [0.25, 0.3) is 0 Å². The van der Waals surface area contributed by atoms with Crippen LogP contribution in [0.25, 0.3) is 0 Å². The first-order valence-corrected chi connectivity index (χ1v) is 4.26. The van der Waals surface area contributed by atoms with Crippen molar-refractivity contribution in [2.24, 2.45) is 5.73 Å². The average Bonchev–Trinajstić information content (AvgIpc) is 2.39. The zero-order valence-corrected chi connectivity index (χ0v) is 6.97. The van der Waals surface area contributed by atoms with Gasteiger partial charge >= 0.3 is 0 Å². The van der Waals surface area contributed by atoms with Gasteiger partial charge in [0.2, 0.25) is 5.91 Å². The fourth-order valence-electron chi connectivity index (χ4n) is 1.40. The lowest BCUT2D eigenvalue weighted by atomic mass is 10.2. The highest BCUT2D eigenvalue weighted by atomic mass is 16.2. The molecule has 0 unspecified atom stereocenters. The average molecular weight is 156 g/mol. The topological polar surface area (TPSA) is 55.1 Å². The van der Waals surface area contributed by atoms with Crippen LogP contribution in [0.1, 0.15) is 32.6 Å². The molecule has 0 aliphatic heterocycles. The van der Waals surface area contributed by atoms with Gasteiger partial charge in [-0.2, -0.15) is 0 Å². The summed E-state index contributed by atoms with van der Waals surface area (Å²) in [6.07, 6.45) is 4.73. The molecule has 0 aromatic heterocycles. The minimum absolute atomic E-state index is 0.0168. The van der Waals surface area contributed by atoms with E-state index in [-0.39, 0.29) is 11.9 Å². The minimum atomic E-state index is -0.365. The third-order valence-electron chi connectivity index (χ3n) is 2.12. The van der Waals surface area contributed by atoms with Gasteiger partial charge in [-0.15, -0.1) is 0 Å². The molecule has 0 heterocycles. The molecule has 1 rings (SSSR count). The summed E-state index contributed by atoms with van der Waals surface area (Å²) in [5, 5.41) is 2.91. The first-order valence-electron chi connectivity index (χ1n) is 4.26. The van der Waals surface area contributed by atoms with Crippen molar-refractivity contribution in [3.8, 4) is 0 Å². The van der Waals surface area contributed by atoms with Gasteiger partial charge in [-0.3, -0.25) is 4.79 Å². The molecule has 1 aliphatic carbocycles. The van der Waals surface area contributed by atoms with E-state index in [0.717, 1.165) is 12.8 Å². The fraction of sp³-hybridized carbons (Fsp3) is 0.875. The highest BCUT2D eigenvalue weighted by Gasteiger charge is 2.18. The second kappa shape index (κ2) is 3.72. The zero-order valence-electron chi connectivity index (χ0n) is 6.97. The predicted molar refractivity (Wildman–Crippen MR) is 44.0 cm³/mol. The van der Waals surface area contributed by atoms with Gasteiger partial charge < -0.3 is 11.1 Å². The number of amides is 1. The molecule has 0 aromatic carbocycles. The number of nitrogens with two attached hydrogens (primary N) is 1. The molecule has 0 saturated heterocycles. The number of nitrogens with one attached hydrogen (secondary N) is 1. The van der Waals surface area contributed by atoms with Crippen LogP contribution in [0.15, 0.2) is 0 Å². The lowest BCUT2D eigenvalue weighted by Gasteiger charge is -2.13. The monoisotopic (exact) mass is 156 g/mol. The zero-order chi connectivity index (χ0) is 8.27. The fourth-order valence-corrected chi connectivity index (χ4v) is 1.40. The van der Waals surface area contributed by atoms with E-state index >= 15 is 0 Å². The van der Waals surface area contributed by atoms with Crippen LogP contribution in [0.4, 0.5) is 0 Å². The molecule has 1 atom stereocenters. The van der Waals surface area contributed by atoms with Crippen molar-refractivity contribution >= 4 is 5.91 Å². The Morgan fingerprint density at radius 2 is 2.09 bits per heavy atom. The first-order chi connectivity index (χ1) is 5.20. The number of rotatable bonds is 2. The van der Waals surface area contributed by atoms with Crippen LogP contribution >= 0.6 is 0 Å². The van der Waals surface area contributed by atoms with Crippen LogP contribution in [0, 0.1) is 0 Å². The number of hydrogen-bond donors (Lipinski definition) is 2. The standard InChI is InChI=1S/C8H16N2O/c1-6(9)8(11)10-7-4-2-3-5-7/h6-7H,2-5,9H2,1H3,(H,10,11)/t6-/m0/s1. The molecule has 1 aliphatic rings. The summed E-state index contributed by atoms with van der Waals surface area (Å²) in [5.41, 5.74) is 5.40. The normalized spacial score (nSPS) is 21.6. The summed E-state index contributed by atoms with van der Waals surface area (Å²) in [7, 11) is 0. The molecule has 0 radical (unpaired) electrons. The van der Waals surface area contributed by atoms with E-state index in [1.165, 1.54) is 12.8 Å². The summed E-state index contributed by atoms with van der Waals surface area (Å²) >= 11 is 0. The van der Waals surface area contributed by atoms with Crippen molar-refractivity contribution in [2.75, 3.05) is 0 Å². The Labute approximate surface area is 67.3 Å². The maximum Gasteiger partial charge on any atom is 0.236 e. The van der Waals surface area contributed by atoms with Crippen molar-refractivity contribution in [3.63, 3.8) is 0 Å². The van der Waals surface area contributed by atoms with Gasteiger partial charge in [-0.1, -0.05) is 12.8 Å². The van der Waals surface area contributed by atoms with Gasteiger partial charge in [-0.05, 0) is 19.8 Å². The Kier molecular flexibility index (Phi) is 2.88. The van der Waals surface area contributed by atoms with Crippen LogP contribution < -0.4 is 11.1 Å². The largest absolute Gasteiger partial charge is 0.352 e. The van der Waals surface area contributed by atoms with Crippen molar-refractivity contribution in [1.82, 2.24) is 5.32 Å². The minimum Gasteiger partial charge on any atom is -0.352 e. The molecule has 1 saturated carbocycles. The van der Waals surface area contributed by atoms with Crippen molar-refractivity contribution in [2.45, 2.75) is 44.7 Å². The van der Waals surface area contributed by atoms with Gasteiger partial charge in [0.15, 0.2) is 0 Å². The van der Waals surface area contributed by atoms with Crippen molar-refractivity contribution < 1.29 is 4.79 Å². The van der Waals surface area contributed by atoms with Crippen molar-refractivity contribution in [1.29, 1.82) is 0 Å². The maximum absolute atomic E-state index is 11.1. The molecule has 3 N–H and O–H groups in total. The lowest BCUT2D eigenvalue weighted by molar-refractivity contribution is -0.122. The second-order valence-electron chi connectivity index (χ2n) is 3.28. The van der Waals surface area contributed by atoms with Gasteiger partial charge in [0.1, 0.15) is 0 Å². The van der Waals surface area contributed by atoms with Crippen LogP contribution in [0.3, 0.4) is 0 Å². The molecule has 0 aromatic rings. The van der Waals surface area contributed by atoms with E-state index in [1.54, 1.807) is 6.92 Å². The van der Waals surface area contributed by atoms with Gasteiger partial charge in [0, 0.05) is 6.04 Å². The number of hydrogen-bond acceptors (Lipinski definition) is 2. The molecule has 11 heavy (non-hydrogen) atoms. The molecule has 1 amide bonds. The van der Waals surface area contributed by atoms with Crippen LogP contribution in [0.5, 0.6) is 0 Å². The second-order valence-corrected chi connectivity index (χ2v) is 3.28. The predicted octanol–water partition coefficient (Wildman–Crippen LogP) is 0.392. The van der Waals surface area contributed by atoms with Crippen molar-refractivity contribution in [3.05, 3.63) is 0 Å². The third kappa shape index (κ3) is 2.50. The summed E-state index contributed by atoms with van der Waals surface area (Å²) < 4.78 is 0. The van der Waals surface area contributed by atoms with E-state index in [4.69, 9.17) is 5.73 Å². The highest BCUT2D eigenvalue weighted by Crippen LogP contribution is 2.17. The van der Waals surface area contributed by atoms with E-state index in [9.17, 15) is 4.79 Å². The Hall–Kier alpha value is -0.570. The molecule has 3 nitrogen and oxygen atoms in total. The quantitative estimate of drug-likeness (QED) is 0.607. The van der Waals surface area contributed by atoms with Gasteiger partial charge in [-0.25, -0.2) is 0 Å². The van der Waals surface area contributed by atoms with E-state index in [2.05, 4.69) is 5.32 Å². The van der Waals surface area contributed by atoms with Crippen LogP contribution in [0.2, 0.25) is 0 Å². The summed E-state index contributed by atoms with van der Waals surface area (Å²) in [5.74, 6) is -0.0168. The SMILES string of the molecule is C[C@H](N)C(=O)NC1CCCC1.